The minimum absolute atomic E-state index is 0.407. The Bertz CT molecular complexity index is 984. The number of aryl methyl sites for hydroxylation is 1. The van der Waals surface area contributed by atoms with Crippen LogP contribution in [0.4, 0.5) is 0 Å². The van der Waals surface area contributed by atoms with Crippen LogP contribution >= 0.6 is 0 Å². The van der Waals surface area contributed by atoms with E-state index in [9.17, 15) is 0 Å². The molecule has 0 saturated heterocycles. The van der Waals surface area contributed by atoms with Crippen molar-refractivity contribution in [2.24, 2.45) is 0 Å². The molecule has 29 heavy (non-hydrogen) atoms. The second-order valence-electron chi connectivity index (χ2n) is 7.39. The summed E-state index contributed by atoms with van der Waals surface area (Å²) in [5.41, 5.74) is 7.41. The van der Waals surface area contributed by atoms with Gasteiger partial charge in [-0.3, -0.25) is 4.98 Å². The monoisotopic (exact) mass is 388 g/mol. The highest BCUT2D eigenvalue weighted by Gasteiger charge is 2.13. The third kappa shape index (κ3) is 4.60. The predicted octanol–water partition coefficient (Wildman–Crippen LogP) is 4.59. The van der Waals surface area contributed by atoms with Crippen molar-refractivity contribution in [1.82, 2.24) is 10.3 Å². The number of benzene rings is 2. The Hall–Kier alpha value is -2.85. The summed E-state index contributed by atoms with van der Waals surface area (Å²) in [6, 6.07) is 17.1. The summed E-state index contributed by atoms with van der Waals surface area (Å²) < 4.78 is 11.5. The first kappa shape index (κ1) is 19.5. The van der Waals surface area contributed by atoms with Gasteiger partial charge in [-0.15, -0.1) is 0 Å². The van der Waals surface area contributed by atoms with Gasteiger partial charge >= 0.3 is 0 Å². The van der Waals surface area contributed by atoms with E-state index in [2.05, 4.69) is 53.6 Å². The highest BCUT2D eigenvalue weighted by molar-refractivity contribution is 5.72. The second kappa shape index (κ2) is 9.10. The van der Waals surface area contributed by atoms with E-state index in [1.165, 1.54) is 22.3 Å². The van der Waals surface area contributed by atoms with Crippen molar-refractivity contribution in [2.45, 2.75) is 32.8 Å². The molecule has 4 rings (SSSR count). The number of rotatable bonds is 6. The smallest absolute Gasteiger partial charge is 0.130 e. The lowest BCUT2D eigenvalue weighted by Crippen LogP contribution is -2.16. The van der Waals surface area contributed by atoms with Crippen molar-refractivity contribution in [1.29, 1.82) is 0 Å². The van der Waals surface area contributed by atoms with E-state index in [-0.39, 0.29) is 0 Å². The van der Waals surface area contributed by atoms with Gasteiger partial charge in [0, 0.05) is 17.8 Å². The van der Waals surface area contributed by atoms with Gasteiger partial charge in [0.05, 0.1) is 12.8 Å². The number of aromatic nitrogens is 1. The summed E-state index contributed by atoms with van der Waals surface area (Å²) >= 11 is 0. The summed E-state index contributed by atoms with van der Waals surface area (Å²) in [6.45, 7) is 4.68. The maximum atomic E-state index is 6.21. The highest BCUT2D eigenvalue weighted by atomic mass is 16.5. The molecule has 0 saturated carbocycles. The van der Waals surface area contributed by atoms with Crippen LogP contribution in [-0.2, 0) is 25.9 Å². The molecule has 2 heterocycles. The Labute approximate surface area is 172 Å². The zero-order valence-corrected chi connectivity index (χ0v) is 17.2. The largest absolute Gasteiger partial charge is 0.497 e. The van der Waals surface area contributed by atoms with Crippen molar-refractivity contribution >= 4 is 0 Å². The van der Waals surface area contributed by atoms with E-state index in [0.717, 1.165) is 55.1 Å². The van der Waals surface area contributed by atoms with Crippen molar-refractivity contribution in [3.8, 4) is 22.6 Å². The number of hydrogen-bond donors (Lipinski definition) is 1. The molecular weight excluding hydrogens is 360 g/mol. The first-order valence-electron chi connectivity index (χ1n) is 10.3. The molecule has 1 aromatic heterocycles. The number of methoxy groups -OCH3 is 1. The van der Waals surface area contributed by atoms with Crippen LogP contribution < -0.4 is 14.8 Å². The maximum Gasteiger partial charge on any atom is 0.130 e. The van der Waals surface area contributed by atoms with E-state index in [4.69, 9.17) is 9.47 Å². The lowest BCUT2D eigenvalue weighted by Gasteiger charge is -2.15. The molecular formula is C25H28N2O2. The van der Waals surface area contributed by atoms with Gasteiger partial charge in [-0.2, -0.15) is 0 Å². The van der Waals surface area contributed by atoms with Gasteiger partial charge in [0.2, 0.25) is 0 Å². The van der Waals surface area contributed by atoms with Crippen LogP contribution in [0, 0.1) is 0 Å². The molecule has 0 bridgehead atoms. The molecule has 2 aromatic carbocycles. The Morgan fingerprint density at radius 2 is 1.83 bits per heavy atom. The summed E-state index contributed by atoms with van der Waals surface area (Å²) in [4.78, 5) is 4.39. The minimum Gasteiger partial charge on any atom is -0.497 e. The first-order valence-corrected chi connectivity index (χ1v) is 10.3. The molecule has 4 nitrogen and oxygen atoms in total. The molecule has 0 aliphatic carbocycles. The third-order valence-electron chi connectivity index (χ3n) is 5.51. The van der Waals surface area contributed by atoms with Gasteiger partial charge < -0.3 is 14.8 Å². The summed E-state index contributed by atoms with van der Waals surface area (Å²) in [5.74, 6) is 1.68. The number of ether oxygens (including phenoxy) is 2. The molecule has 1 aliphatic rings. The van der Waals surface area contributed by atoms with Gasteiger partial charge in [0.25, 0.3) is 0 Å². The van der Waals surface area contributed by atoms with Gasteiger partial charge in [-0.1, -0.05) is 31.2 Å². The average molecular weight is 389 g/mol. The van der Waals surface area contributed by atoms with Crippen molar-refractivity contribution in [3.05, 3.63) is 77.1 Å². The molecule has 3 aromatic rings. The van der Waals surface area contributed by atoms with Crippen LogP contribution in [0.1, 0.15) is 29.3 Å². The fourth-order valence-corrected chi connectivity index (χ4v) is 3.80. The van der Waals surface area contributed by atoms with E-state index < -0.39 is 0 Å². The van der Waals surface area contributed by atoms with Crippen molar-refractivity contribution in [2.75, 3.05) is 20.2 Å². The molecule has 1 aliphatic heterocycles. The molecule has 1 N–H and O–H groups in total. The maximum absolute atomic E-state index is 6.21. The quantitative estimate of drug-likeness (QED) is 0.671. The number of nitrogens with zero attached hydrogens (tertiary/aromatic N) is 1. The van der Waals surface area contributed by atoms with Crippen LogP contribution in [0.25, 0.3) is 11.1 Å². The van der Waals surface area contributed by atoms with Gasteiger partial charge in [-0.05, 0) is 72.8 Å². The van der Waals surface area contributed by atoms with E-state index in [1.807, 2.05) is 12.1 Å². The average Bonchev–Trinajstić information content (AvgIpc) is 3.02. The summed E-state index contributed by atoms with van der Waals surface area (Å²) in [6.07, 6.45) is 4.91. The van der Waals surface area contributed by atoms with Crippen LogP contribution in [-0.4, -0.2) is 25.2 Å². The lowest BCUT2D eigenvalue weighted by atomic mass is 9.95. The Balaban J connectivity index is 1.64. The third-order valence-corrected chi connectivity index (χ3v) is 5.51. The van der Waals surface area contributed by atoms with Crippen LogP contribution in [0.2, 0.25) is 0 Å². The van der Waals surface area contributed by atoms with Crippen molar-refractivity contribution < 1.29 is 9.47 Å². The van der Waals surface area contributed by atoms with Gasteiger partial charge in [-0.25, -0.2) is 0 Å². The molecule has 4 heteroatoms. The number of hydrogen-bond acceptors (Lipinski definition) is 4. The van der Waals surface area contributed by atoms with E-state index in [1.54, 1.807) is 13.3 Å². The Morgan fingerprint density at radius 3 is 2.66 bits per heavy atom. The van der Waals surface area contributed by atoms with Crippen LogP contribution in [0.15, 0.2) is 54.7 Å². The Morgan fingerprint density at radius 1 is 0.966 bits per heavy atom. The van der Waals surface area contributed by atoms with E-state index >= 15 is 0 Å². The fraction of sp³-hybridized carbons (Fsp3) is 0.320. The van der Waals surface area contributed by atoms with Gasteiger partial charge in [0.15, 0.2) is 0 Å². The van der Waals surface area contributed by atoms with Crippen LogP contribution in [0.5, 0.6) is 11.5 Å². The summed E-state index contributed by atoms with van der Waals surface area (Å²) in [7, 11) is 1.66. The zero-order valence-electron chi connectivity index (χ0n) is 17.2. The molecule has 0 atom stereocenters. The Kier molecular flexibility index (Phi) is 6.11. The molecule has 150 valence electrons. The standard InChI is InChI=1S/C25H28N2O2/c1-3-18-4-7-25(29-17-22-16-23(28-2)10-13-27-22)24(14-18)21-6-5-19-8-11-26-12-9-20(19)15-21/h4-7,10,13-16,26H,3,8-9,11-12,17H2,1-2H3. The first-order chi connectivity index (χ1) is 14.3. The topological polar surface area (TPSA) is 43.4 Å². The molecule has 0 fully saturated rings. The SMILES string of the molecule is CCc1ccc(OCc2cc(OC)ccn2)c(-c2ccc3c(c2)CCNCC3)c1. The molecule has 0 amide bonds. The molecule has 0 spiro atoms. The van der Waals surface area contributed by atoms with Gasteiger partial charge in [0.1, 0.15) is 18.1 Å². The fourth-order valence-electron chi connectivity index (χ4n) is 3.80. The van der Waals surface area contributed by atoms with E-state index in [0.29, 0.717) is 6.61 Å². The summed E-state index contributed by atoms with van der Waals surface area (Å²) in [5, 5.41) is 3.49. The highest BCUT2D eigenvalue weighted by Crippen LogP contribution is 2.33. The number of fused-ring (bicyclic) bond motifs is 1. The predicted molar refractivity (Wildman–Crippen MR) is 117 cm³/mol. The molecule has 0 radical (unpaired) electrons. The van der Waals surface area contributed by atoms with Crippen LogP contribution in [0.3, 0.4) is 0 Å². The minimum atomic E-state index is 0.407. The number of pyridine rings is 1. The second-order valence-corrected chi connectivity index (χ2v) is 7.39. The number of nitrogens with one attached hydrogen (secondary N) is 1. The lowest BCUT2D eigenvalue weighted by molar-refractivity contribution is 0.301. The normalized spacial score (nSPS) is 13.4. The zero-order chi connectivity index (χ0) is 20.1. The van der Waals surface area contributed by atoms with Crippen molar-refractivity contribution in [3.63, 3.8) is 0 Å². The molecule has 0 unspecified atom stereocenters.